The molecule has 0 spiro atoms. The molecule has 0 aliphatic rings. The van der Waals surface area contributed by atoms with E-state index in [-0.39, 0.29) is 25.2 Å². The van der Waals surface area contributed by atoms with Gasteiger partial charge in [-0.3, -0.25) is 4.57 Å². The van der Waals surface area contributed by atoms with Gasteiger partial charge < -0.3 is 34.0 Å². The Morgan fingerprint density at radius 1 is 0.867 bits per heavy atom. The van der Waals surface area contributed by atoms with E-state index < -0.39 is 21.8 Å². The van der Waals surface area contributed by atoms with E-state index in [1.807, 2.05) is 78.9 Å². The van der Waals surface area contributed by atoms with Crippen molar-refractivity contribution in [2.24, 2.45) is 0 Å². The van der Waals surface area contributed by atoms with E-state index in [0.717, 1.165) is 29.3 Å². The first-order valence-corrected chi connectivity index (χ1v) is 21.2. The zero-order valence-corrected chi connectivity index (χ0v) is 29.2. The van der Waals surface area contributed by atoms with Gasteiger partial charge in [0, 0.05) is 25.4 Å². The predicted molar refractivity (Wildman–Crippen MR) is 184 cm³/mol. The van der Waals surface area contributed by atoms with Crippen LogP contribution in [0.15, 0.2) is 78.9 Å². The number of aliphatic hydroxyl groups is 1. The van der Waals surface area contributed by atoms with Gasteiger partial charge in [-0.25, -0.2) is 0 Å². The third kappa shape index (κ3) is 15.5. The lowest BCUT2D eigenvalue weighted by molar-refractivity contribution is 0.104. The van der Waals surface area contributed by atoms with Gasteiger partial charge in [0.05, 0.1) is 6.61 Å². The van der Waals surface area contributed by atoms with Gasteiger partial charge in [0.2, 0.25) is 15.7 Å². The molecule has 0 aromatic heterocycles. The molecule has 3 N–H and O–H groups in total. The van der Waals surface area contributed by atoms with E-state index in [9.17, 15) is 14.6 Å². The van der Waals surface area contributed by atoms with E-state index in [0.29, 0.717) is 37.7 Å². The molecule has 3 aromatic rings. The van der Waals surface area contributed by atoms with E-state index in [1.54, 1.807) is 0 Å². The summed E-state index contributed by atoms with van der Waals surface area (Å²) in [6, 6.07) is 26.3. The second-order valence-corrected chi connectivity index (χ2v) is 18.9. The summed E-state index contributed by atoms with van der Waals surface area (Å²) in [7, 11) is -5.13. The first-order chi connectivity index (χ1) is 21.5. The smallest absolute Gasteiger partial charge is 0.245 e. The van der Waals surface area contributed by atoms with Crippen molar-refractivity contribution in [3.05, 3.63) is 90.0 Å². The van der Waals surface area contributed by atoms with Gasteiger partial charge in [-0.05, 0) is 86.4 Å². The number of hydrogen-bond donors (Lipinski definition) is 3. The van der Waals surface area contributed by atoms with Gasteiger partial charge in [0.15, 0.2) is 6.35 Å². The molecule has 0 saturated carbocycles. The van der Waals surface area contributed by atoms with Gasteiger partial charge in [0.25, 0.3) is 0 Å². The van der Waals surface area contributed by atoms with E-state index in [4.69, 9.17) is 18.6 Å². The SMILES string of the molecule is CCCC[Si](C)(C)Oc1ccc(OCC(O)CNC(C)Cc2ccc(OCP(=O)(O)CCCOCc3ccccc3)cc2)cc1. The zero-order valence-electron chi connectivity index (χ0n) is 27.3. The highest BCUT2D eigenvalue weighted by Crippen LogP contribution is 2.41. The highest BCUT2D eigenvalue weighted by molar-refractivity contribution is 7.57. The molecule has 8 nitrogen and oxygen atoms in total. The second-order valence-electron chi connectivity index (χ2n) is 12.3. The van der Waals surface area contributed by atoms with Crippen LogP contribution in [0, 0.1) is 0 Å². The Morgan fingerprint density at radius 2 is 1.51 bits per heavy atom. The van der Waals surface area contributed by atoms with E-state index in [2.05, 4.69) is 32.3 Å². The second kappa shape index (κ2) is 19.1. The lowest BCUT2D eigenvalue weighted by Crippen LogP contribution is -2.37. The molecule has 0 radical (unpaired) electrons. The topological polar surface area (TPSA) is 106 Å². The fourth-order valence-corrected chi connectivity index (χ4v) is 7.91. The first kappa shape index (κ1) is 36.8. The molecule has 10 heteroatoms. The Morgan fingerprint density at radius 3 is 2.20 bits per heavy atom. The predicted octanol–water partition coefficient (Wildman–Crippen LogP) is 7.24. The first-order valence-electron chi connectivity index (χ1n) is 16.0. The van der Waals surface area contributed by atoms with Crippen molar-refractivity contribution in [3.8, 4) is 17.2 Å². The zero-order chi connectivity index (χ0) is 32.5. The number of rotatable bonds is 22. The summed E-state index contributed by atoms with van der Waals surface area (Å²) >= 11 is 0. The molecule has 0 heterocycles. The maximum absolute atomic E-state index is 12.5. The normalized spacial score (nSPS) is 14.4. The lowest BCUT2D eigenvalue weighted by atomic mass is 10.1. The van der Waals surface area contributed by atoms with Crippen LogP contribution < -0.4 is 19.2 Å². The maximum Gasteiger partial charge on any atom is 0.245 e. The fraction of sp³-hybridized carbons (Fsp3) is 0.486. The minimum Gasteiger partial charge on any atom is -0.544 e. The van der Waals surface area contributed by atoms with Crippen LogP contribution in [0.1, 0.15) is 44.2 Å². The number of nitrogens with one attached hydrogen (secondary N) is 1. The summed E-state index contributed by atoms with van der Waals surface area (Å²) in [4.78, 5) is 10.3. The molecular formula is C35H52NO7PSi. The Hall–Kier alpha value is -2.65. The summed E-state index contributed by atoms with van der Waals surface area (Å²) in [5, 5.41) is 13.8. The number of hydrogen-bond acceptors (Lipinski definition) is 7. The van der Waals surface area contributed by atoms with Crippen LogP contribution in [-0.4, -0.2) is 62.7 Å². The molecule has 3 unspecified atom stereocenters. The number of unbranched alkanes of at least 4 members (excludes halogenated alkanes) is 1. The summed E-state index contributed by atoms with van der Waals surface area (Å²) in [6.45, 7) is 10.3. The van der Waals surface area contributed by atoms with Crippen molar-refractivity contribution in [1.29, 1.82) is 0 Å². The lowest BCUT2D eigenvalue weighted by Gasteiger charge is -2.24. The summed E-state index contributed by atoms with van der Waals surface area (Å²) in [5.41, 5.74) is 2.18. The van der Waals surface area contributed by atoms with Crippen LogP contribution in [0.2, 0.25) is 19.1 Å². The molecule has 0 aliphatic carbocycles. The van der Waals surface area contributed by atoms with Crippen LogP contribution in [0.3, 0.4) is 0 Å². The van der Waals surface area contributed by atoms with Crippen molar-refractivity contribution >= 4 is 15.7 Å². The van der Waals surface area contributed by atoms with Crippen molar-refractivity contribution < 1.29 is 33.2 Å². The van der Waals surface area contributed by atoms with Gasteiger partial charge in [-0.15, -0.1) is 0 Å². The van der Waals surface area contributed by atoms with Crippen molar-refractivity contribution in [2.45, 2.75) is 77.4 Å². The molecule has 0 amide bonds. The highest BCUT2D eigenvalue weighted by atomic mass is 31.2. The van der Waals surface area contributed by atoms with Gasteiger partial charge in [-0.2, -0.15) is 0 Å². The average Bonchev–Trinajstić information content (AvgIpc) is 3.02. The summed E-state index contributed by atoms with van der Waals surface area (Å²) < 4.78 is 35.8. The Balaban J connectivity index is 1.28. The molecule has 0 bridgehead atoms. The van der Waals surface area contributed by atoms with E-state index in [1.165, 1.54) is 12.8 Å². The molecule has 3 atom stereocenters. The molecular weight excluding hydrogens is 605 g/mol. The maximum atomic E-state index is 12.5. The van der Waals surface area contributed by atoms with Crippen molar-refractivity contribution in [1.82, 2.24) is 5.32 Å². The van der Waals surface area contributed by atoms with Crippen LogP contribution in [-0.2, 0) is 22.3 Å². The molecule has 248 valence electrons. The van der Waals surface area contributed by atoms with Gasteiger partial charge >= 0.3 is 0 Å². The minimum absolute atomic E-state index is 0.129. The van der Waals surface area contributed by atoms with Crippen LogP contribution in [0.25, 0.3) is 0 Å². The Kier molecular flexibility index (Phi) is 15.6. The van der Waals surface area contributed by atoms with Gasteiger partial charge in [0.1, 0.15) is 30.0 Å². The Labute approximate surface area is 270 Å². The molecule has 3 aromatic carbocycles. The van der Waals surface area contributed by atoms with Crippen molar-refractivity contribution in [2.75, 3.05) is 32.3 Å². The largest absolute Gasteiger partial charge is 0.544 e. The molecule has 0 saturated heterocycles. The Bertz CT molecular complexity index is 1280. The molecule has 45 heavy (non-hydrogen) atoms. The number of benzene rings is 3. The minimum atomic E-state index is -3.41. The molecule has 0 fully saturated rings. The standard InChI is InChI=1S/C35H52NO7PSi/c1-5-6-23-45(3,4)43-35-19-17-33(18-20-35)41-27-32(37)25-36-29(2)24-30-13-15-34(16-14-30)42-28-44(38,39)22-10-21-40-26-31-11-8-7-9-12-31/h7-9,11-20,29,32,36-37H,5-6,10,21-28H2,1-4H3,(H,38,39). The molecule has 3 rings (SSSR count). The van der Waals surface area contributed by atoms with Crippen LogP contribution >= 0.6 is 7.37 Å². The molecule has 0 aliphatic heterocycles. The quantitative estimate of drug-likeness (QED) is 0.0590. The summed E-state index contributed by atoms with van der Waals surface area (Å²) in [5.74, 6) is 2.13. The number of aliphatic hydroxyl groups excluding tert-OH is 1. The van der Waals surface area contributed by atoms with Crippen LogP contribution in [0.5, 0.6) is 17.2 Å². The van der Waals surface area contributed by atoms with Crippen molar-refractivity contribution in [3.63, 3.8) is 0 Å². The summed E-state index contributed by atoms with van der Waals surface area (Å²) in [6.07, 6.45) is 2.91. The van der Waals surface area contributed by atoms with Gasteiger partial charge in [-0.1, -0.05) is 62.2 Å². The third-order valence-corrected chi connectivity index (χ3v) is 11.2. The van der Waals surface area contributed by atoms with E-state index >= 15 is 0 Å². The van der Waals surface area contributed by atoms with Crippen LogP contribution in [0.4, 0.5) is 0 Å². The monoisotopic (exact) mass is 657 g/mol. The number of ether oxygens (including phenoxy) is 3. The highest BCUT2D eigenvalue weighted by Gasteiger charge is 2.23. The third-order valence-electron chi connectivity index (χ3n) is 7.30. The average molecular weight is 658 g/mol. The fourth-order valence-electron chi connectivity index (χ4n) is 4.73.